The normalized spacial score (nSPS) is 21.4. The highest BCUT2D eigenvalue weighted by atomic mass is 35.5. The largest absolute Gasteiger partial charge is 0.336 e. The highest BCUT2D eigenvalue weighted by molar-refractivity contribution is 7.89. The second-order valence-electron chi connectivity index (χ2n) is 8.41. The Morgan fingerprint density at radius 3 is 2.39 bits per heavy atom. The van der Waals surface area contributed by atoms with Gasteiger partial charge < -0.3 is 4.90 Å². The van der Waals surface area contributed by atoms with Gasteiger partial charge in [-0.15, -0.1) is 11.3 Å². The molecule has 0 bridgehead atoms. The van der Waals surface area contributed by atoms with Gasteiger partial charge in [0, 0.05) is 56.3 Å². The topological polar surface area (TPSA) is 60.9 Å². The summed E-state index contributed by atoms with van der Waals surface area (Å²) in [5, 5.41) is 0. The van der Waals surface area contributed by atoms with Crippen LogP contribution in [0.3, 0.4) is 0 Å². The summed E-state index contributed by atoms with van der Waals surface area (Å²) in [4.78, 5) is 18.6. The molecule has 2 aliphatic rings. The molecule has 0 spiro atoms. The molecule has 2 aromatic rings. The quantitative estimate of drug-likeness (QED) is 0.652. The van der Waals surface area contributed by atoms with E-state index in [4.69, 9.17) is 11.6 Å². The highest BCUT2D eigenvalue weighted by Crippen LogP contribution is 2.25. The van der Waals surface area contributed by atoms with Crippen molar-refractivity contribution in [3.63, 3.8) is 0 Å². The minimum Gasteiger partial charge on any atom is -0.336 e. The third-order valence-corrected chi connectivity index (χ3v) is 9.12. The van der Waals surface area contributed by atoms with Crippen molar-refractivity contribution in [2.45, 2.75) is 31.2 Å². The van der Waals surface area contributed by atoms with Crippen LogP contribution in [0.1, 0.15) is 35.0 Å². The number of piperidine rings is 1. The predicted octanol–water partition coefficient (Wildman–Crippen LogP) is 3.78. The molecule has 1 aromatic carbocycles. The smallest absolute Gasteiger partial charge is 0.253 e. The van der Waals surface area contributed by atoms with Crippen molar-refractivity contribution in [1.82, 2.24) is 14.1 Å². The van der Waals surface area contributed by atoms with Gasteiger partial charge in [0.1, 0.15) is 0 Å². The molecule has 2 fully saturated rings. The number of nitrogens with zero attached hydrogens (tertiary/aromatic N) is 3. The lowest BCUT2D eigenvalue weighted by Crippen LogP contribution is -2.48. The number of hydrogen-bond donors (Lipinski definition) is 0. The van der Waals surface area contributed by atoms with Gasteiger partial charge in [0.25, 0.3) is 5.91 Å². The van der Waals surface area contributed by atoms with Crippen LogP contribution >= 0.6 is 22.9 Å². The Morgan fingerprint density at radius 1 is 1.06 bits per heavy atom. The summed E-state index contributed by atoms with van der Waals surface area (Å²) >= 11 is 7.60. The molecule has 9 heteroatoms. The second kappa shape index (κ2) is 9.58. The van der Waals surface area contributed by atoms with Gasteiger partial charge in [-0.2, -0.15) is 4.31 Å². The fourth-order valence-corrected chi connectivity index (χ4v) is 6.96. The van der Waals surface area contributed by atoms with Gasteiger partial charge >= 0.3 is 0 Å². The molecule has 2 saturated heterocycles. The zero-order valence-corrected chi connectivity index (χ0v) is 20.1. The summed E-state index contributed by atoms with van der Waals surface area (Å²) in [5.41, 5.74) is 0.532. The molecule has 6 nitrogen and oxygen atoms in total. The number of hydrogen-bond acceptors (Lipinski definition) is 5. The number of amides is 1. The lowest BCUT2D eigenvalue weighted by molar-refractivity contribution is 0.0629. The number of benzene rings is 1. The van der Waals surface area contributed by atoms with E-state index < -0.39 is 10.0 Å². The standard InChI is InChI=1S/C22H28ClN3O3S2/c1-17-3-2-10-26(15-17)31(28,29)20-7-4-18(5-8-20)22(27)25-13-11-24(12-14-25)16-19-6-9-21(23)30-19/h4-9,17H,2-3,10-16H2,1H3/t17-/m1/s1. The lowest BCUT2D eigenvalue weighted by Gasteiger charge is -2.34. The van der Waals surface area contributed by atoms with Crippen LogP contribution in [-0.2, 0) is 16.6 Å². The number of carbonyl (C=O) groups excluding carboxylic acids is 1. The van der Waals surface area contributed by atoms with Crippen LogP contribution in [0.2, 0.25) is 4.34 Å². The van der Waals surface area contributed by atoms with Crippen LogP contribution in [0, 0.1) is 5.92 Å². The second-order valence-corrected chi connectivity index (χ2v) is 12.1. The van der Waals surface area contributed by atoms with Crippen LogP contribution in [-0.4, -0.2) is 67.7 Å². The first-order valence-corrected chi connectivity index (χ1v) is 13.3. The Hall–Kier alpha value is -1.45. The first kappa shape index (κ1) is 22.7. The molecule has 31 heavy (non-hydrogen) atoms. The minimum absolute atomic E-state index is 0.0469. The first-order valence-electron chi connectivity index (χ1n) is 10.7. The van der Waals surface area contributed by atoms with E-state index in [1.54, 1.807) is 39.9 Å². The maximum Gasteiger partial charge on any atom is 0.253 e. The van der Waals surface area contributed by atoms with E-state index in [1.165, 1.54) is 4.88 Å². The van der Waals surface area contributed by atoms with E-state index in [-0.39, 0.29) is 10.8 Å². The maximum absolute atomic E-state index is 12.9. The van der Waals surface area contributed by atoms with E-state index in [1.807, 2.05) is 17.0 Å². The van der Waals surface area contributed by atoms with Crippen LogP contribution in [0.25, 0.3) is 0 Å². The Morgan fingerprint density at radius 2 is 1.77 bits per heavy atom. The molecule has 2 aliphatic heterocycles. The number of carbonyl (C=O) groups is 1. The highest BCUT2D eigenvalue weighted by Gasteiger charge is 2.29. The van der Waals surface area contributed by atoms with Crippen molar-refractivity contribution in [3.8, 4) is 0 Å². The summed E-state index contributed by atoms with van der Waals surface area (Å²) in [6.07, 6.45) is 1.95. The molecule has 168 valence electrons. The summed E-state index contributed by atoms with van der Waals surface area (Å²) < 4.78 is 28.2. The first-order chi connectivity index (χ1) is 14.8. The minimum atomic E-state index is -3.50. The average molecular weight is 482 g/mol. The Labute approximate surface area is 193 Å². The number of halogens is 1. The van der Waals surface area contributed by atoms with E-state index >= 15 is 0 Å². The third kappa shape index (κ3) is 5.31. The van der Waals surface area contributed by atoms with Crippen LogP contribution in [0.5, 0.6) is 0 Å². The molecule has 0 saturated carbocycles. The maximum atomic E-state index is 12.9. The van der Waals surface area contributed by atoms with E-state index in [0.29, 0.717) is 37.7 Å². The van der Waals surface area contributed by atoms with E-state index in [2.05, 4.69) is 11.8 Å². The Bertz CT molecular complexity index is 1010. The third-order valence-electron chi connectivity index (χ3n) is 6.03. The summed E-state index contributed by atoms with van der Waals surface area (Å²) in [7, 11) is -3.50. The zero-order valence-electron chi connectivity index (χ0n) is 17.7. The number of rotatable bonds is 5. The van der Waals surface area contributed by atoms with Crippen molar-refractivity contribution in [2.24, 2.45) is 5.92 Å². The Balaban J connectivity index is 1.35. The predicted molar refractivity (Wildman–Crippen MR) is 124 cm³/mol. The fraction of sp³-hybridized carbons (Fsp3) is 0.500. The molecule has 0 radical (unpaired) electrons. The number of thiophene rings is 1. The van der Waals surface area contributed by atoms with Gasteiger partial charge in [-0.1, -0.05) is 18.5 Å². The molecule has 1 atom stereocenters. The summed E-state index contributed by atoms with van der Waals surface area (Å²) in [6.45, 7) is 6.98. The van der Waals surface area contributed by atoms with Gasteiger partial charge in [0.2, 0.25) is 10.0 Å². The van der Waals surface area contributed by atoms with Crippen molar-refractivity contribution in [1.29, 1.82) is 0 Å². The zero-order chi connectivity index (χ0) is 22.0. The average Bonchev–Trinajstić information content (AvgIpc) is 3.18. The monoisotopic (exact) mass is 481 g/mol. The molecule has 1 amide bonds. The van der Waals surface area contributed by atoms with Gasteiger partial charge in [0.15, 0.2) is 0 Å². The molecule has 0 unspecified atom stereocenters. The van der Waals surface area contributed by atoms with Gasteiger partial charge in [-0.3, -0.25) is 9.69 Å². The SMILES string of the molecule is C[C@@H]1CCCN(S(=O)(=O)c2ccc(C(=O)N3CCN(Cc4ccc(Cl)s4)CC3)cc2)C1. The van der Waals surface area contributed by atoms with Crippen LogP contribution in [0.15, 0.2) is 41.3 Å². The number of piperazine rings is 1. The van der Waals surface area contributed by atoms with Gasteiger partial charge in [-0.25, -0.2) is 8.42 Å². The molecule has 1 aromatic heterocycles. The molecule has 3 heterocycles. The van der Waals surface area contributed by atoms with Gasteiger partial charge in [-0.05, 0) is 55.2 Å². The fourth-order valence-electron chi connectivity index (χ4n) is 4.23. The van der Waals surface area contributed by atoms with Gasteiger partial charge in [0.05, 0.1) is 9.23 Å². The van der Waals surface area contributed by atoms with Crippen LogP contribution in [0.4, 0.5) is 0 Å². The molecule has 0 aliphatic carbocycles. The summed E-state index contributed by atoms with van der Waals surface area (Å²) in [5.74, 6) is 0.328. The van der Waals surface area contributed by atoms with Crippen molar-refractivity contribution < 1.29 is 13.2 Å². The molecule has 0 N–H and O–H groups in total. The summed E-state index contributed by atoms with van der Waals surface area (Å²) in [6, 6.07) is 10.4. The van der Waals surface area contributed by atoms with Crippen molar-refractivity contribution in [3.05, 3.63) is 51.2 Å². The van der Waals surface area contributed by atoms with Crippen LogP contribution < -0.4 is 0 Å². The van der Waals surface area contributed by atoms with E-state index in [0.717, 1.165) is 36.8 Å². The van der Waals surface area contributed by atoms with Crippen molar-refractivity contribution >= 4 is 38.9 Å². The molecule has 4 rings (SSSR count). The lowest BCUT2D eigenvalue weighted by atomic mass is 10.0. The Kier molecular flexibility index (Phi) is 7.03. The van der Waals surface area contributed by atoms with Crippen molar-refractivity contribution in [2.75, 3.05) is 39.3 Å². The molecular formula is C22H28ClN3O3S2. The number of sulfonamides is 1. The molecular weight excluding hydrogens is 454 g/mol. The van der Waals surface area contributed by atoms with E-state index in [9.17, 15) is 13.2 Å².